The van der Waals surface area contributed by atoms with E-state index in [1.807, 2.05) is 12.1 Å². The minimum atomic E-state index is -0.248. The van der Waals surface area contributed by atoms with E-state index in [1.165, 1.54) is 12.1 Å². The first-order chi connectivity index (χ1) is 13.0. The van der Waals surface area contributed by atoms with Crippen LogP contribution in [0.5, 0.6) is 5.75 Å². The highest BCUT2D eigenvalue weighted by Crippen LogP contribution is 2.28. The van der Waals surface area contributed by atoms with E-state index in [9.17, 15) is 4.39 Å². The molecular formula is C21H17Cl3FNO. The molecule has 3 aromatic rings. The molecule has 0 aliphatic rings. The Balaban J connectivity index is 1.66. The number of rotatable bonds is 7. The molecule has 0 heterocycles. The Labute approximate surface area is 172 Å². The Morgan fingerprint density at radius 3 is 2.26 bits per heavy atom. The number of hydrogen-bond acceptors (Lipinski definition) is 2. The van der Waals surface area contributed by atoms with E-state index in [0.717, 1.165) is 16.7 Å². The largest absolute Gasteiger partial charge is 0.488 e. The summed E-state index contributed by atoms with van der Waals surface area (Å²) in [6.45, 7) is 1.40. The van der Waals surface area contributed by atoms with Crippen molar-refractivity contribution in [2.24, 2.45) is 0 Å². The van der Waals surface area contributed by atoms with Gasteiger partial charge in [-0.3, -0.25) is 0 Å². The summed E-state index contributed by atoms with van der Waals surface area (Å²) in [5.41, 5.74) is 2.64. The van der Waals surface area contributed by atoms with Gasteiger partial charge in [-0.1, -0.05) is 53.0 Å². The maximum atomic E-state index is 13.0. The van der Waals surface area contributed by atoms with Crippen LogP contribution in [0.2, 0.25) is 15.1 Å². The highest BCUT2D eigenvalue weighted by atomic mass is 35.5. The summed E-state index contributed by atoms with van der Waals surface area (Å²) >= 11 is 18.5. The molecule has 27 heavy (non-hydrogen) atoms. The Morgan fingerprint density at radius 1 is 0.852 bits per heavy atom. The van der Waals surface area contributed by atoms with Crippen LogP contribution in [-0.2, 0) is 19.7 Å². The van der Waals surface area contributed by atoms with E-state index in [4.69, 9.17) is 39.5 Å². The summed E-state index contributed by atoms with van der Waals surface area (Å²) in [6, 6.07) is 17.2. The lowest BCUT2D eigenvalue weighted by Crippen LogP contribution is -2.13. The topological polar surface area (TPSA) is 21.3 Å². The van der Waals surface area contributed by atoms with Gasteiger partial charge in [0.2, 0.25) is 0 Å². The molecule has 0 atom stereocenters. The van der Waals surface area contributed by atoms with Crippen LogP contribution in [-0.4, -0.2) is 0 Å². The van der Waals surface area contributed by atoms with Crippen LogP contribution in [0.25, 0.3) is 0 Å². The van der Waals surface area contributed by atoms with Gasteiger partial charge in [0.05, 0.1) is 0 Å². The molecule has 0 bridgehead atoms. The van der Waals surface area contributed by atoms with Crippen molar-refractivity contribution in [1.82, 2.24) is 5.32 Å². The number of hydrogen-bond donors (Lipinski definition) is 1. The second kappa shape index (κ2) is 9.43. The number of ether oxygens (including phenoxy) is 1. The average Bonchev–Trinajstić information content (AvgIpc) is 2.64. The van der Waals surface area contributed by atoms with Crippen LogP contribution in [0.4, 0.5) is 4.39 Å². The minimum absolute atomic E-state index is 0.248. The first-order valence-electron chi connectivity index (χ1n) is 8.32. The lowest BCUT2D eigenvalue weighted by atomic mass is 10.1. The first kappa shape index (κ1) is 20.0. The van der Waals surface area contributed by atoms with Gasteiger partial charge >= 0.3 is 0 Å². The summed E-state index contributed by atoms with van der Waals surface area (Å²) in [4.78, 5) is 0. The third-order valence-electron chi connectivity index (χ3n) is 4.01. The van der Waals surface area contributed by atoms with Gasteiger partial charge in [0.15, 0.2) is 0 Å². The van der Waals surface area contributed by atoms with Crippen LogP contribution >= 0.6 is 34.8 Å². The van der Waals surface area contributed by atoms with E-state index in [1.54, 1.807) is 36.4 Å². The van der Waals surface area contributed by atoms with Gasteiger partial charge in [0.25, 0.3) is 0 Å². The first-order valence-corrected chi connectivity index (χ1v) is 9.45. The van der Waals surface area contributed by atoms with Gasteiger partial charge in [-0.05, 0) is 48.0 Å². The molecule has 3 rings (SSSR count). The molecule has 0 aliphatic heterocycles. The van der Waals surface area contributed by atoms with E-state index >= 15 is 0 Å². The van der Waals surface area contributed by atoms with Gasteiger partial charge in [-0.15, -0.1) is 0 Å². The molecule has 3 aromatic carbocycles. The smallest absolute Gasteiger partial charge is 0.124 e. The maximum Gasteiger partial charge on any atom is 0.124 e. The van der Waals surface area contributed by atoms with Crippen molar-refractivity contribution in [2.75, 3.05) is 0 Å². The van der Waals surface area contributed by atoms with Gasteiger partial charge < -0.3 is 10.1 Å². The lowest BCUT2D eigenvalue weighted by Gasteiger charge is -2.14. The number of halogens is 4. The molecule has 0 spiro atoms. The normalized spacial score (nSPS) is 10.8. The quantitative estimate of drug-likeness (QED) is 0.458. The SMILES string of the molecule is Fc1ccc(CNCc2cc(Cl)ccc2OCc2c(Cl)cccc2Cl)cc1. The molecule has 0 aliphatic carbocycles. The van der Waals surface area contributed by atoms with Crippen molar-refractivity contribution in [3.8, 4) is 5.75 Å². The zero-order valence-corrected chi connectivity index (χ0v) is 16.6. The van der Waals surface area contributed by atoms with E-state index < -0.39 is 0 Å². The second-order valence-electron chi connectivity index (χ2n) is 5.97. The molecular weight excluding hydrogens is 408 g/mol. The van der Waals surface area contributed by atoms with Crippen molar-refractivity contribution in [2.45, 2.75) is 19.7 Å². The molecule has 2 nitrogen and oxygen atoms in total. The predicted molar refractivity (Wildman–Crippen MR) is 109 cm³/mol. The van der Waals surface area contributed by atoms with E-state index in [2.05, 4.69) is 5.32 Å². The summed E-state index contributed by atoms with van der Waals surface area (Å²) in [7, 11) is 0. The molecule has 6 heteroatoms. The fourth-order valence-corrected chi connectivity index (χ4v) is 3.29. The third-order valence-corrected chi connectivity index (χ3v) is 4.96. The molecule has 1 N–H and O–H groups in total. The molecule has 140 valence electrons. The third kappa shape index (κ3) is 5.60. The van der Waals surface area contributed by atoms with Gasteiger partial charge in [0, 0.05) is 39.3 Å². The van der Waals surface area contributed by atoms with Crippen LogP contribution in [0.1, 0.15) is 16.7 Å². The molecule has 0 fully saturated rings. The van der Waals surface area contributed by atoms with Gasteiger partial charge in [0.1, 0.15) is 18.2 Å². The summed E-state index contributed by atoms with van der Waals surface area (Å²) in [6.07, 6.45) is 0. The highest BCUT2D eigenvalue weighted by Gasteiger charge is 2.09. The minimum Gasteiger partial charge on any atom is -0.488 e. The fraction of sp³-hybridized carbons (Fsp3) is 0.143. The summed E-state index contributed by atoms with van der Waals surface area (Å²) in [5.74, 6) is 0.449. The molecule has 0 amide bonds. The second-order valence-corrected chi connectivity index (χ2v) is 7.22. The van der Waals surface area contributed by atoms with Crippen LogP contribution in [0, 0.1) is 5.82 Å². The number of nitrogens with one attached hydrogen (secondary N) is 1. The van der Waals surface area contributed by atoms with Crippen molar-refractivity contribution in [1.29, 1.82) is 0 Å². The molecule has 0 unspecified atom stereocenters. The van der Waals surface area contributed by atoms with Crippen LogP contribution < -0.4 is 10.1 Å². The number of benzene rings is 3. The Hall–Kier alpha value is -1.78. The lowest BCUT2D eigenvalue weighted by molar-refractivity contribution is 0.302. The van der Waals surface area contributed by atoms with Gasteiger partial charge in [-0.2, -0.15) is 0 Å². The van der Waals surface area contributed by atoms with Crippen molar-refractivity contribution in [3.05, 3.63) is 98.2 Å². The monoisotopic (exact) mass is 423 g/mol. The fourth-order valence-electron chi connectivity index (χ4n) is 2.59. The molecule has 0 radical (unpaired) electrons. The van der Waals surface area contributed by atoms with Crippen molar-refractivity contribution >= 4 is 34.8 Å². The average molecular weight is 425 g/mol. The summed E-state index contributed by atoms with van der Waals surface area (Å²) in [5, 5.41) is 5.06. The predicted octanol–water partition coefficient (Wildman–Crippen LogP) is 6.65. The van der Waals surface area contributed by atoms with E-state index in [0.29, 0.717) is 33.9 Å². The van der Waals surface area contributed by atoms with Crippen molar-refractivity contribution < 1.29 is 9.13 Å². The molecule has 0 saturated heterocycles. The summed E-state index contributed by atoms with van der Waals surface area (Å²) < 4.78 is 18.9. The Morgan fingerprint density at radius 2 is 1.56 bits per heavy atom. The highest BCUT2D eigenvalue weighted by molar-refractivity contribution is 6.36. The molecule has 0 saturated carbocycles. The zero-order chi connectivity index (χ0) is 19.2. The Bertz CT molecular complexity index is 896. The Kier molecular flexibility index (Phi) is 6.97. The molecule has 0 aromatic heterocycles. The van der Waals surface area contributed by atoms with Crippen molar-refractivity contribution in [3.63, 3.8) is 0 Å². The van der Waals surface area contributed by atoms with E-state index in [-0.39, 0.29) is 12.4 Å². The maximum absolute atomic E-state index is 13.0. The van der Waals surface area contributed by atoms with Crippen LogP contribution in [0.15, 0.2) is 60.7 Å². The standard InChI is InChI=1S/C21H17Cl3FNO/c22-16-6-9-21(27-13-18-19(23)2-1-3-20(18)24)15(10-16)12-26-11-14-4-7-17(25)8-5-14/h1-10,26H,11-13H2. The van der Waals surface area contributed by atoms with Gasteiger partial charge in [-0.25, -0.2) is 4.39 Å². The zero-order valence-electron chi connectivity index (χ0n) is 14.3. The van der Waals surface area contributed by atoms with Crippen LogP contribution in [0.3, 0.4) is 0 Å².